The number of sulfonamides is 1. The van der Waals surface area contributed by atoms with Gasteiger partial charge in [-0.15, -0.1) is 5.10 Å². The molecule has 0 amide bonds. The average molecular weight is 439 g/mol. The van der Waals surface area contributed by atoms with Crippen molar-refractivity contribution in [3.05, 3.63) is 84.6 Å². The van der Waals surface area contributed by atoms with Crippen LogP contribution in [-0.4, -0.2) is 39.5 Å². The number of carboxylic acids is 1. The molecule has 2 aromatic heterocycles. The molecule has 0 spiro atoms. The van der Waals surface area contributed by atoms with E-state index in [0.29, 0.717) is 16.9 Å². The van der Waals surface area contributed by atoms with Gasteiger partial charge in [0.25, 0.3) is 10.0 Å². The molecular weight excluding hydrogens is 425 g/mol. The molecule has 0 radical (unpaired) electrons. The summed E-state index contributed by atoms with van der Waals surface area (Å²) in [4.78, 5) is 15.3. The smallest absolute Gasteiger partial charge is 0.336 e. The predicted octanol–water partition coefficient (Wildman–Crippen LogP) is 2.97. The van der Waals surface area contributed by atoms with E-state index < -0.39 is 21.8 Å². The van der Waals surface area contributed by atoms with Gasteiger partial charge in [-0.1, -0.05) is 11.3 Å². The lowest BCUT2D eigenvalue weighted by molar-refractivity contribution is 0.0697. The van der Waals surface area contributed by atoms with E-state index in [1.54, 1.807) is 18.2 Å². The second-order valence-corrected chi connectivity index (χ2v) is 8.07. The number of nitrogens with zero attached hydrogens (tertiary/aromatic N) is 4. The number of aromatic nitrogens is 4. The Balaban J connectivity index is 1.63. The van der Waals surface area contributed by atoms with E-state index in [4.69, 9.17) is 0 Å². The second-order valence-electron chi connectivity index (χ2n) is 6.38. The Morgan fingerprint density at radius 1 is 1.10 bits per heavy atom. The zero-order chi connectivity index (χ0) is 22.0. The summed E-state index contributed by atoms with van der Waals surface area (Å²) in [5.41, 5.74) is 1.37. The standard InChI is InChI=1S/C20H14FN5O4S/c21-13-4-6-16(7-5-13)31(29,30)24-14-2-1-3-15(10-14)26-12-19(23-25-26)18-11-22-9-8-17(18)20(27)28/h1-12,24H,(H,27,28). The highest BCUT2D eigenvalue weighted by Gasteiger charge is 2.16. The van der Waals surface area contributed by atoms with Crippen LogP contribution in [0, 0.1) is 5.82 Å². The Morgan fingerprint density at radius 3 is 2.61 bits per heavy atom. The first-order chi connectivity index (χ1) is 14.8. The van der Waals surface area contributed by atoms with E-state index in [-0.39, 0.29) is 16.1 Å². The molecule has 4 rings (SSSR count). The number of halogens is 1. The van der Waals surface area contributed by atoms with Gasteiger partial charge in [0.05, 0.1) is 28.0 Å². The monoisotopic (exact) mass is 439 g/mol. The maximum absolute atomic E-state index is 13.1. The average Bonchev–Trinajstić information content (AvgIpc) is 3.24. The molecule has 4 aromatic rings. The van der Waals surface area contributed by atoms with Crippen molar-refractivity contribution in [1.82, 2.24) is 20.0 Å². The van der Waals surface area contributed by atoms with E-state index in [1.165, 1.54) is 47.5 Å². The molecule has 0 aliphatic heterocycles. The number of benzene rings is 2. The normalized spacial score (nSPS) is 11.3. The van der Waals surface area contributed by atoms with Gasteiger partial charge >= 0.3 is 5.97 Å². The van der Waals surface area contributed by atoms with Crippen molar-refractivity contribution >= 4 is 21.7 Å². The van der Waals surface area contributed by atoms with Crippen molar-refractivity contribution in [2.24, 2.45) is 0 Å². The van der Waals surface area contributed by atoms with Gasteiger partial charge in [-0.25, -0.2) is 22.3 Å². The molecule has 0 aliphatic rings. The second kappa shape index (κ2) is 7.95. The summed E-state index contributed by atoms with van der Waals surface area (Å²) >= 11 is 0. The molecule has 11 heteroatoms. The SMILES string of the molecule is O=C(O)c1ccncc1-c1cn(-c2cccc(NS(=O)(=O)c3ccc(F)cc3)c2)nn1. The van der Waals surface area contributed by atoms with Gasteiger partial charge in [-0.2, -0.15) is 0 Å². The van der Waals surface area contributed by atoms with Crippen molar-refractivity contribution in [1.29, 1.82) is 0 Å². The van der Waals surface area contributed by atoms with Crippen molar-refractivity contribution < 1.29 is 22.7 Å². The zero-order valence-corrected chi connectivity index (χ0v) is 16.5. The molecule has 0 fully saturated rings. The fourth-order valence-electron chi connectivity index (χ4n) is 2.84. The lowest BCUT2D eigenvalue weighted by Gasteiger charge is -2.09. The van der Waals surface area contributed by atoms with Crippen LogP contribution in [-0.2, 0) is 10.0 Å². The van der Waals surface area contributed by atoms with Crippen molar-refractivity contribution in [2.45, 2.75) is 4.90 Å². The first kappa shape index (κ1) is 20.2. The largest absolute Gasteiger partial charge is 0.478 e. The van der Waals surface area contributed by atoms with Gasteiger partial charge in [-0.3, -0.25) is 9.71 Å². The van der Waals surface area contributed by atoms with Gasteiger partial charge in [-0.05, 0) is 48.5 Å². The minimum atomic E-state index is -3.92. The van der Waals surface area contributed by atoms with Crippen LogP contribution in [0.3, 0.4) is 0 Å². The summed E-state index contributed by atoms with van der Waals surface area (Å²) in [5, 5.41) is 17.3. The molecule has 0 saturated heterocycles. The Bertz CT molecular complexity index is 1370. The van der Waals surface area contributed by atoms with Crippen LogP contribution < -0.4 is 4.72 Å². The third-order valence-corrected chi connectivity index (χ3v) is 5.70. The lowest BCUT2D eigenvalue weighted by atomic mass is 10.1. The number of rotatable bonds is 6. The fourth-order valence-corrected chi connectivity index (χ4v) is 3.89. The molecule has 2 N–H and O–H groups in total. The molecule has 0 bridgehead atoms. The third kappa shape index (κ3) is 4.26. The molecular formula is C20H14FN5O4S. The molecule has 0 unspecified atom stereocenters. The Labute approximate surface area is 175 Å². The minimum Gasteiger partial charge on any atom is -0.478 e. The number of pyridine rings is 1. The van der Waals surface area contributed by atoms with Gasteiger partial charge in [0, 0.05) is 18.0 Å². The molecule has 2 heterocycles. The number of carbonyl (C=O) groups is 1. The van der Waals surface area contributed by atoms with Crippen LogP contribution in [0.2, 0.25) is 0 Å². The Hall–Kier alpha value is -4.12. The molecule has 9 nitrogen and oxygen atoms in total. The highest BCUT2D eigenvalue weighted by atomic mass is 32.2. The van der Waals surface area contributed by atoms with Crippen LogP contribution >= 0.6 is 0 Å². The molecule has 2 aromatic carbocycles. The number of hydrogen-bond donors (Lipinski definition) is 2. The van der Waals surface area contributed by atoms with Gasteiger partial charge in [0.2, 0.25) is 0 Å². The summed E-state index contributed by atoms with van der Waals surface area (Å²) in [7, 11) is -3.92. The van der Waals surface area contributed by atoms with Gasteiger partial charge in [0.1, 0.15) is 11.5 Å². The van der Waals surface area contributed by atoms with E-state index in [2.05, 4.69) is 20.0 Å². The highest BCUT2D eigenvalue weighted by molar-refractivity contribution is 7.92. The summed E-state index contributed by atoms with van der Waals surface area (Å²) in [6, 6.07) is 12.2. The topological polar surface area (TPSA) is 127 Å². The minimum absolute atomic E-state index is 0.0304. The molecule has 0 atom stereocenters. The number of anilines is 1. The van der Waals surface area contributed by atoms with E-state index in [0.717, 1.165) is 12.1 Å². The number of carboxylic acid groups (broad SMARTS) is 1. The van der Waals surface area contributed by atoms with Crippen LogP contribution in [0.5, 0.6) is 0 Å². The number of aromatic carboxylic acids is 1. The first-order valence-corrected chi connectivity index (χ1v) is 10.3. The summed E-state index contributed by atoms with van der Waals surface area (Å²) in [6.07, 6.45) is 4.26. The summed E-state index contributed by atoms with van der Waals surface area (Å²) in [6.45, 7) is 0. The molecule has 0 saturated carbocycles. The van der Waals surface area contributed by atoms with Gasteiger partial charge < -0.3 is 5.11 Å². The fraction of sp³-hybridized carbons (Fsp3) is 0. The predicted molar refractivity (Wildman–Crippen MR) is 109 cm³/mol. The van der Waals surface area contributed by atoms with Crippen molar-refractivity contribution in [2.75, 3.05) is 4.72 Å². The van der Waals surface area contributed by atoms with Crippen LogP contribution in [0.4, 0.5) is 10.1 Å². The van der Waals surface area contributed by atoms with Crippen molar-refractivity contribution in [3.63, 3.8) is 0 Å². The molecule has 156 valence electrons. The highest BCUT2D eigenvalue weighted by Crippen LogP contribution is 2.23. The number of nitrogens with one attached hydrogen (secondary N) is 1. The Kier molecular flexibility index (Phi) is 5.17. The van der Waals surface area contributed by atoms with Crippen LogP contribution in [0.15, 0.2) is 78.1 Å². The van der Waals surface area contributed by atoms with E-state index in [1.807, 2.05) is 0 Å². The van der Waals surface area contributed by atoms with Crippen LogP contribution in [0.25, 0.3) is 16.9 Å². The molecule has 31 heavy (non-hydrogen) atoms. The maximum Gasteiger partial charge on any atom is 0.336 e. The zero-order valence-electron chi connectivity index (χ0n) is 15.7. The number of hydrogen-bond acceptors (Lipinski definition) is 6. The lowest BCUT2D eigenvalue weighted by Crippen LogP contribution is -2.13. The molecule has 0 aliphatic carbocycles. The van der Waals surface area contributed by atoms with Gasteiger partial charge in [0.15, 0.2) is 0 Å². The van der Waals surface area contributed by atoms with Crippen LogP contribution in [0.1, 0.15) is 10.4 Å². The van der Waals surface area contributed by atoms with E-state index in [9.17, 15) is 22.7 Å². The first-order valence-electron chi connectivity index (χ1n) is 8.82. The summed E-state index contributed by atoms with van der Waals surface area (Å²) < 4.78 is 41.9. The van der Waals surface area contributed by atoms with E-state index >= 15 is 0 Å². The maximum atomic E-state index is 13.1. The Morgan fingerprint density at radius 2 is 1.87 bits per heavy atom. The summed E-state index contributed by atoms with van der Waals surface area (Å²) in [5.74, 6) is -1.66. The van der Waals surface area contributed by atoms with Crippen molar-refractivity contribution in [3.8, 4) is 16.9 Å². The third-order valence-electron chi connectivity index (χ3n) is 4.31. The quantitative estimate of drug-likeness (QED) is 0.473.